The van der Waals surface area contributed by atoms with Crippen molar-refractivity contribution in [1.29, 1.82) is 0 Å². The fourth-order valence-corrected chi connectivity index (χ4v) is 5.04. The molecule has 0 bridgehead atoms. The third-order valence-electron chi connectivity index (χ3n) is 4.91. The molecule has 2 aromatic heterocycles. The lowest BCUT2D eigenvalue weighted by atomic mass is 10.2. The summed E-state index contributed by atoms with van der Waals surface area (Å²) in [7, 11) is -3.66. The number of ether oxygens (including phenoxy) is 1. The highest BCUT2D eigenvalue weighted by atomic mass is 32.2. The van der Waals surface area contributed by atoms with Crippen molar-refractivity contribution >= 4 is 15.7 Å². The first-order chi connectivity index (χ1) is 13.6. The predicted molar refractivity (Wildman–Crippen MR) is 98.3 cm³/mol. The van der Waals surface area contributed by atoms with Crippen LogP contribution in [0.3, 0.4) is 0 Å². The van der Waals surface area contributed by atoms with Crippen molar-refractivity contribution in [1.82, 2.24) is 24.2 Å². The minimum Gasteiger partial charge on any atom is -0.378 e. The third-order valence-corrected chi connectivity index (χ3v) is 6.43. The molecule has 28 heavy (non-hydrogen) atoms. The first-order valence-electron chi connectivity index (χ1n) is 8.87. The zero-order valence-electron chi connectivity index (χ0n) is 14.9. The van der Waals surface area contributed by atoms with E-state index in [9.17, 15) is 13.2 Å². The average Bonchev–Trinajstić information content (AvgIpc) is 3.34. The van der Waals surface area contributed by atoms with Gasteiger partial charge in [0.1, 0.15) is 5.82 Å². The van der Waals surface area contributed by atoms with Crippen LogP contribution in [-0.4, -0.2) is 64.9 Å². The molecule has 0 N–H and O–H groups in total. The number of fused-ring (bicyclic) bond motifs is 3. The molecule has 144 valence electrons. The molecule has 10 heteroatoms. The van der Waals surface area contributed by atoms with Crippen LogP contribution < -0.4 is 0 Å². The Balaban J connectivity index is 1.74. The molecular weight excluding hydrogens is 382 g/mol. The Morgan fingerprint density at radius 1 is 1.11 bits per heavy atom. The number of carbonyl (C=O) groups is 1. The van der Waals surface area contributed by atoms with Crippen molar-refractivity contribution in [3.63, 3.8) is 0 Å². The fraction of sp³-hybridized carbons (Fsp3) is 0.278. The minimum atomic E-state index is -3.66. The van der Waals surface area contributed by atoms with Gasteiger partial charge in [-0.3, -0.25) is 9.36 Å². The number of imidazole rings is 1. The predicted octanol–water partition coefficient (Wildman–Crippen LogP) is 0.818. The van der Waals surface area contributed by atoms with Gasteiger partial charge in [-0.15, -0.1) is 0 Å². The van der Waals surface area contributed by atoms with E-state index >= 15 is 0 Å². The van der Waals surface area contributed by atoms with Gasteiger partial charge in [0.25, 0.3) is 5.91 Å². The molecule has 1 amide bonds. The minimum absolute atomic E-state index is 0.0394. The van der Waals surface area contributed by atoms with Crippen molar-refractivity contribution in [3.8, 4) is 11.5 Å². The number of sulfone groups is 1. The van der Waals surface area contributed by atoms with E-state index in [2.05, 4.69) is 10.1 Å². The van der Waals surface area contributed by atoms with Gasteiger partial charge in [0.05, 0.1) is 24.7 Å². The van der Waals surface area contributed by atoms with Crippen LogP contribution in [0.5, 0.6) is 0 Å². The highest BCUT2D eigenvalue weighted by molar-refractivity contribution is 7.90. The summed E-state index contributed by atoms with van der Waals surface area (Å²) in [6.07, 6.45) is 3.02. The maximum Gasteiger partial charge on any atom is 0.274 e. The van der Waals surface area contributed by atoms with E-state index in [-0.39, 0.29) is 22.5 Å². The van der Waals surface area contributed by atoms with Crippen LogP contribution in [0.25, 0.3) is 11.5 Å². The zero-order chi connectivity index (χ0) is 19.3. The molecule has 1 aromatic carbocycles. The number of amides is 1. The maximum atomic E-state index is 13.2. The highest BCUT2D eigenvalue weighted by Crippen LogP contribution is 2.33. The molecule has 0 unspecified atom stereocenters. The van der Waals surface area contributed by atoms with Crippen molar-refractivity contribution in [2.75, 3.05) is 26.3 Å². The van der Waals surface area contributed by atoms with Gasteiger partial charge in [-0.1, -0.05) is 18.2 Å². The van der Waals surface area contributed by atoms with Crippen LogP contribution in [0.1, 0.15) is 16.1 Å². The van der Waals surface area contributed by atoms with E-state index in [0.29, 0.717) is 37.7 Å². The second-order valence-corrected chi connectivity index (χ2v) is 8.52. The number of benzene rings is 1. The van der Waals surface area contributed by atoms with Gasteiger partial charge >= 0.3 is 0 Å². The molecule has 2 aliphatic heterocycles. The number of para-hydroxylation sites is 1. The van der Waals surface area contributed by atoms with Gasteiger partial charge in [0.2, 0.25) is 15.0 Å². The molecule has 0 aliphatic carbocycles. The first kappa shape index (κ1) is 17.1. The molecule has 0 atom stereocenters. The highest BCUT2D eigenvalue weighted by Gasteiger charge is 2.38. The second kappa shape index (κ2) is 6.28. The molecule has 2 aliphatic rings. The van der Waals surface area contributed by atoms with E-state index < -0.39 is 9.84 Å². The number of hydrogen-bond donors (Lipinski definition) is 0. The maximum absolute atomic E-state index is 13.2. The summed E-state index contributed by atoms with van der Waals surface area (Å²) in [6.45, 7) is 1.82. The second-order valence-electron chi connectivity index (χ2n) is 6.64. The Hall–Kier alpha value is -2.98. The Kier molecular flexibility index (Phi) is 3.84. The zero-order valence-corrected chi connectivity index (χ0v) is 15.7. The van der Waals surface area contributed by atoms with E-state index in [4.69, 9.17) is 4.74 Å². The van der Waals surface area contributed by atoms with Gasteiger partial charge in [-0.2, -0.15) is 5.10 Å². The normalized spacial score (nSPS) is 17.8. The number of nitrogens with zero attached hydrogens (tertiary/aromatic N) is 5. The Bertz CT molecular complexity index is 1160. The summed E-state index contributed by atoms with van der Waals surface area (Å²) in [5, 5.41) is 4.51. The molecule has 3 aromatic rings. The lowest BCUT2D eigenvalue weighted by molar-refractivity contribution is 0.0298. The number of rotatable bonds is 2. The first-order valence-corrected chi connectivity index (χ1v) is 10.5. The molecule has 0 saturated carbocycles. The Labute approximate surface area is 161 Å². The summed E-state index contributed by atoms with van der Waals surface area (Å²) in [5.41, 5.74) is 1.29. The lowest BCUT2D eigenvalue weighted by Gasteiger charge is -2.26. The summed E-state index contributed by atoms with van der Waals surface area (Å²) in [4.78, 5) is 18.8. The van der Waals surface area contributed by atoms with Crippen molar-refractivity contribution < 1.29 is 17.9 Å². The third kappa shape index (κ3) is 2.56. The monoisotopic (exact) mass is 399 g/mol. The number of aromatic nitrogens is 4. The molecule has 0 radical (unpaired) electrons. The largest absolute Gasteiger partial charge is 0.378 e. The molecule has 1 saturated heterocycles. The fourth-order valence-electron chi connectivity index (χ4n) is 3.59. The van der Waals surface area contributed by atoms with Gasteiger partial charge < -0.3 is 9.64 Å². The van der Waals surface area contributed by atoms with E-state index in [1.54, 1.807) is 15.8 Å². The summed E-state index contributed by atoms with van der Waals surface area (Å²) in [6, 6.07) is 9.32. The smallest absolute Gasteiger partial charge is 0.274 e. The summed E-state index contributed by atoms with van der Waals surface area (Å²) < 4.78 is 33.9. The number of hydrogen-bond acceptors (Lipinski definition) is 6. The van der Waals surface area contributed by atoms with Crippen LogP contribution in [0.2, 0.25) is 0 Å². The van der Waals surface area contributed by atoms with Crippen LogP contribution in [0, 0.1) is 0 Å². The summed E-state index contributed by atoms with van der Waals surface area (Å²) in [5.74, 6) is -0.0597. The Morgan fingerprint density at radius 3 is 2.61 bits per heavy atom. The molecule has 5 rings (SSSR count). The van der Waals surface area contributed by atoms with Crippen molar-refractivity contribution in [2.24, 2.45) is 0 Å². The molecule has 9 nitrogen and oxygen atoms in total. The summed E-state index contributed by atoms with van der Waals surface area (Å²) >= 11 is 0. The number of morpholine rings is 1. The van der Waals surface area contributed by atoms with E-state index in [1.807, 2.05) is 30.3 Å². The van der Waals surface area contributed by atoms with Crippen LogP contribution in [0.15, 0.2) is 47.9 Å². The van der Waals surface area contributed by atoms with E-state index in [1.165, 1.54) is 10.8 Å². The lowest BCUT2D eigenvalue weighted by Crippen LogP contribution is -2.41. The average molecular weight is 399 g/mol. The SMILES string of the molecule is O=C(c1nn(-c2ccccc2)c2c1CS(=O)(=O)c1nccn1-2)N1CCOCC1. The number of carbonyl (C=O) groups excluding carboxylic acids is 1. The molecular formula is C18H17N5O4S. The van der Waals surface area contributed by atoms with Crippen molar-refractivity contribution in [3.05, 3.63) is 54.0 Å². The van der Waals surface area contributed by atoms with Gasteiger partial charge in [-0.05, 0) is 12.1 Å². The van der Waals surface area contributed by atoms with Gasteiger partial charge in [0.15, 0.2) is 5.69 Å². The van der Waals surface area contributed by atoms with Gasteiger partial charge in [-0.25, -0.2) is 18.1 Å². The molecule has 0 spiro atoms. The van der Waals surface area contributed by atoms with Crippen LogP contribution in [-0.2, 0) is 20.3 Å². The van der Waals surface area contributed by atoms with E-state index in [0.717, 1.165) is 5.69 Å². The van der Waals surface area contributed by atoms with Crippen LogP contribution >= 0.6 is 0 Å². The Morgan fingerprint density at radius 2 is 1.86 bits per heavy atom. The quantitative estimate of drug-likeness (QED) is 0.633. The van der Waals surface area contributed by atoms with Gasteiger partial charge in [0, 0.05) is 31.0 Å². The molecule has 1 fully saturated rings. The topological polar surface area (TPSA) is 99.3 Å². The molecule has 4 heterocycles. The van der Waals surface area contributed by atoms with Crippen molar-refractivity contribution in [2.45, 2.75) is 10.9 Å². The standard InChI is InChI=1S/C18H17N5O4S/c24-17(21-8-10-27-11-9-21)15-14-12-28(25,26)18-19-6-7-22(18)16(14)23(20-15)13-4-2-1-3-5-13/h1-7H,8-12H2. The van der Waals surface area contributed by atoms with Crippen LogP contribution in [0.4, 0.5) is 0 Å².